The molecule has 0 radical (unpaired) electrons. The Morgan fingerprint density at radius 3 is 2.82 bits per heavy atom. The molecule has 1 saturated heterocycles. The van der Waals surface area contributed by atoms with Gasteiger partial charge in [-0.2, -0.15) is 0 Å². The van der Waals surface area contributed by atoms with Crippen molar-refractivity contribution in [3.05, 3.63) is 59.3 Å². The van der Waals surface area contributed by atoms with Crippen LogP contribution < -0.4 is 20.1 Å². The molecule has 3 heterocycles. The number of piperidine rings is 1. The minimum absolute atomic E-state index is 0.103. The maximum Gasteiger partial charge on any atom is 0.262 e. The van der Waals surface area contributed by atoms with Crippen LogP contribution in [0.25, 0.3) is 10.9 Å². The largest absolute Gasteiger partial charge is 0.493 e. The Morgan fingerprint density at radius 2 is 2.00 bits per heavy atom. The van der Waals surface area contributed by atoms with Gasteiger partial charge in [-0.3, -0.25) is 9.78 Å². The fraction of sp³-hybridized carbons (Fsp3) is 0.385. The number of nitrogens with one attached hydrogen (secondary N) is 2. The van der Waals surface area contributed by atoms with Crippen molar-refractivity contribution in [1.29, 1.82) is 0 Å². The van der Waals surface area contributed by atoms with E-state index < -0.39 is 11.6 Å². The van der Waals surface area contributed by atoms with E-state index in [9.17, 15) is 9.18 Å². The number of hydrogen-bond acceptors (Lipinski definition) is 5. The molecule has 34 heavy (non-hydrogen) atoms. The average molecular weight is 468 g/mol. The molecule has 178 valence electrons. The third-order valence-corrected chi connectivity index (χ3v) is 6.67. The van der Waals surface area contributed by atoms with Gasteiger partial charge in [0.05, 0.1) is 12.1 Å². The molecule has 1 amide bonds. The summed E-state index contributed by atoms with van der Waals surface area (Å²) in [5.74, 6) is -0.324. The maximum absolute atomic E-state index is 15.6. The molecular weight excluding hydrogens is 440 g/mol. The minimum Gasteiger partial charge on any atom is -0.493 e. The molecule has 1 unspecified atom stereocenters. The summed E-state index contributed by atoms with van der Waals surface area (Å²) in [6.45, 7) is 3.77. The van der Waals surface area contributed by atoms with Gasteiger partial charge >= 0.3 is 0 Å². The lowest BCUT2D eigenvalue weighted by atomic mass is 9.78. The van der Waals surface area contributed by atoms with Gasteiger partial charge in [-0.05, 0) is 74.9 Å². The van der Waals surface area contributed by atoms with Crippen molar-refractivity contribution in [3.63, 3.8) is 0 Å². The fourth-order valence-electron chi connectivity index (χ4n) is 4.99. The van der Waals surface area contributed by atoms with E-state index >= 15 is 4.39 Å². The zero-order valence-corrected chi connectivity index (χ0v) is 19.0. The highest BCUT2D eigenvalue weighted by Gasteiger charge is 2.30. The molecule has 5 rings (SSSR count). The SMILES string of the molecule is Cc1ccc2c(OCCC(c3ccc4c(c3F)NC(=O)CO4)C3CCNCC3)cc(F)cc2n1. The van der Waals surface area contributed by atoms with Gasteiger partial charge < -0.3 is 20.1 Å². The maximum atomic E-state index is 15.6. The quantitative estimate of drug-likeness (QED) is 0.550. The van der Waals surface area contributed by atoms with Crippen molar-refractivity contribution in [2.24, 2.45) is 5.92 Å². The third kappa shape index (κ3) is 4.55. The molecule has 2 N–H and O–H groups in total. The molecule has 1 fully saturated rings. The second-order valence-electron chi connectivity index (χ2n) is 8.93. The van der Waals surface area contributed by atoms with Crippen LogP contribution in [0.3, 0.4) is 0 Å². The molecule has 0 spiro atoms. The molecule has 1 atom stereocenters. The highest BCUT2D eigenvalue weighted by atomic mass is 19.1. The van der Waals surface area contributed by atoms with Crippen molar-refractivity contribution in [2.75, 3.05) is 31.6 Å². The highest BCUT2D eigenvalue weighted by Crippen LogP contribution is 2.41. The van der Waals surface area contributed by atoms with Gasteiger partial charge in [0.1, 0.15) is 23.0 Å². The lowest BCUT2D eigenvalue weighted by Crippen LogP contribution is -2.32. The number of rotatable bonds is 6. The van der Waals surface area contributed by atoms with Crippen LogP contribution in [0, 0.1) is 24.5 Å². The van der Waals surface area contributed by atoms with Gasteiger partial charge in [0.25, 0.3) is 5.91 Å². The Bertz CT molecular complexity index is 1220. The molecule has 8 heteroatoms. The molecule has 0 saturated carbocycles. The van der Waals surface area contributed by atoms with Crippen molar-refractivity contribution in [1.82, 2.24) is 10.3 Å². The van der Waals surface area contributed by atoms with Crippen LogP contribution in [0.4, 0.5) is 14.5 Å². The number of aryl methyl sites for hydroxylation is 1. The Kier molecular flexibility index (Phi) is 6.32. The van der Waals surface area contributed by atoms with E-state index in [0.717, 1.165) is 37.0 Å². The lowest BCUT2D eigenvalue weighted by Gasteiger charge is -2.32. The van der Waals surface area contributed by atoms with Gasteiger partial charge in [0.2, 0.25) is 0 Å². The Labute approximate surface area is 196 Å². The first-order valence-electron chi connectivity index (χ1n) is 11.6. The smallest absolute Gasteiger partial charge is 0.262 e. The number of fused-ring (bicyclic) bond motifs is 2. The zero-order valence-electron chi connectivity index (χ0n) is 19.0. The van der Waals surface area contributed by atoms with Crippen LogP contribution >= 0.6 is 0 Å². The van der Waals surface area contributed by atoms with Crippen LogP contribution in [0.1, 0.15) is 36.4 Å². The number of benzene rings is 2. The van der Waals surface area contributed by atoms with Gasteiger partial charge in [0, 0.05) is 23.2 Å². The summed E-state index contributed by atoms with van der Waals surface area (Å²) < 4.78 is 41.2. The average Bonchev–Trinajstić information content (AvgIpc) is 2.83. The van der Waals surface area contributed by atoms with Gasteiger partial charge in [-0.25, -0.2) is 8.78 Å². The summed E-state index contributed by atoms with van der Waals surface area (Å²) in [6.07, 6.45) is 2.37. The lowest BCUT2D eigenvalue weighted by molar-refractivity contribution is -0.118. The predicted molar refractivity (Wildman–Crippen MR) is 125 cm³/mol. The van der Waals surface area contributed by atoms with E-state index in [1.165, 1.54) is 12.1 Å². The second-order valence-corrected chi connectivity index (χ2v) is 8.93. The Hall–Kier alpha value is -3.26. The number of halogens is 2. The summed E-state index contributed by atoms with van der Waals surface area (Å²) in [5.41, 5.74) is 1.99. The number of carbonyl (C=O) groups is 1. The van der Waals surface area contributed by atoms with Crippen molar-refractivity contribution in [2.45, 2.75) is 32.1 Å². The van der Waals surface area contributed by atoms with E-state index in [2.05, 4.69) is 15.6 Å². The van der Waals surface area contributed by atoms with Crippen molar-refractivity contribution in [3.8, 4) is 11.5 Å². The van der Waals surface area contributed by atoms with E-state index in [4.69, 9.17) is 9.47 Å². The Morgan fingerprint density at radius 1 is 1.18 bits per heavy atom. The molecule has 0 bridgehead atoms. The number of nitrogens with zero attached hydrogens (tertiary/aromatic N) is 1. The summed E-state index contributed by atoms with van der Waals surface area (Å²) in [5, 5.41) is 6.70. The van der Waals surface area contributed by atoms with Gasteiger partial charge in [-0.15, -0.1) is 0 Å². The van der Waals surface area contributed by atoms with E-state index in [0.29, 0.717) is 35.6 Å². The van der Waals surface area contributed by atoms with Crippen LogP contribution in [0.2, 0.25) is 0 Å². The van der Waals surface area contributed by atoms with Crippen LogP contribution in [0.15, 0.2) is 36.4 Å². The standard InChI is InChI=1S/C26H27F2N3O3/c1-15-2-3-20-21(30-15)12-17(27)13-23(20)33-11-8-18(16-6-9-29-10-7-16)19-4-5-22-26(25(19)28)31-24(32)14-34-22/h2-5,12-13,16,18,29H,6-11,14H2,1H3,(H,31,32). The molecule has 2 aliphatic rings. The van der Waals surface area contributed by atoms with Gasteiger partial charge in [-0.1, -0.05) is 6.07 Å². The van der Waals surface area contributed by atoms with Crippen molar-refractivity contribution >= 4 is 22.5 Å². The summed E-state index contributed by atoms with van der Waals surface area (Å²) in [7, 11) is 0. The number of hydrogen-bond donors (Lipinski definition) is 2. The molecule has 2 aromatic carbocycles. The summed E-state index contributed by atoms with van der Waals surface area (Å²) >= 11 is 0. The van der Waals surface area contributed by atoms with Crippen LogP contribution in [0.5, 0.6) is 11.5 Å². The normalized spacial score (nSPS) is 17.1. The molecule has 1 aromatic heterocycles. The molecule has 2 aliphatic heterocycles. The number of pyridine rings is 1. The minimum atomic E-state index is -0.454. The first kappa shape index (κ1) is 22.5. The number of carbonyl (C=O) groups excluding carboxylic acids is 1. The monoisotopic (exact) mass is 467 g/mol. The first-order valence-corrected chi connectivity index (χ1v) is 11.6. The van der Waals surface area contributed by atoms with Crippen LogP contribution in [-0.2, 0) is 4.79 Å². The Balaban J connectivity index is 1.41. The second kappa shape index (κ2) is 9.54. The van der Waals surface area contributed by atoms with E-state index in [1.807, 2.05) is 19.1 Å². The van der Waals surface area contributed by atoms with E-state index in [1.54, 1.807) is 12.1 Å². The number of ether oxygens (including phenoxy) is 2. The fourth-order valence-corrected chi connectivity index (χ4v) is 4.99. The first-order chi connectivity index (χ1) is 16.5. The topological polar surface area (TPSA) is 72.5 Å². The predicted octanol–water partition coefficient (Wildman–Crippen LogP) is 4.70. The molecule has 0 aliphatic carbocycles. The van der Waals surface area contributed by atoms with Crippen molar-refractivity contribution < 1.29 is 23.0 Å². The molecule has 6 nitrogen and oxygen atoms in total. The summed E-state index contributed by atoms with van der Waals surface area (Å²) in [4.78, 5) is 16.2. The molecule has 3 aromatic rings. The summed E-state index contributed by atoms with van der Waals surface area (Å²) in [6, 6.07) is 9.97. The van der Waals surface area contributed by atoms with E-state index in [-0.39, 0.29) is 30.0 Å². The van der Waals surface area contributed by atoms with Gasteiger partial charge in [0.15, 0.2) is 12.4 Å². The number of aromatic nitrogens is 1. The van der Waals surface area contributed by atoms with Crippen LogP contribution in [-0.4, -0.2) is 37.2 Å². The number of anilines is 1. The number of amides is 1. The highest BCUT2D eigenvalue weighted by molar-refractivity contribution is 5.95. The zero-order chi connectivity index (χ0) is 23.7. The molecular formula is C26H27F2N3O3. The third-order valence-electron chi connectivity index (χ3n) is 6.67.